The van der Waals surface area contributed by atoms with Crippen molar-refractivity contribution in [3.05, 3.63) is 69.9 Å². The molecule has 0 heterocycles. The Balaban J connectivity index is 1.81. The van der Waals surface area contributed by atoms with Crippen molar-refractivity contribution in [1.29, 1.82) is 0 Å². The minimum atomic E-state index is -0.595. The minimum absolute atomic E-state index is 0.0416. The third-order valence-corrected chi connectivity index (χ3v) is 3.32. The van der Waals surface area contributed by atoms with Gasteiger partial charge >= 0.3 is 5.97 Å². The molecule has 0 aliphatic heterocycles. The summed E-state index contributed by atoms with van der Waals surface area (Å²) in [6, 6.07) is 12.8. The standard InChI is InChI=1S/C16H13BrFNO3/c17-13-6-3-5-11(8-13)16(21)22-10-15(20)19-9-12-4-1-2-7-14(12)18/h1-8H,9-10H2,(H,19,20). The number of hydrogen-bond acceptors (Lipinski definition) is 3. The predicted molar refractivity (Wildman–Crippen MR) is 82.7 cm³/mol. The summed E-state index contributed by atoms with van der Waals surface area (Å²) in [5.41, 5.74) is 0.713. The third kappa shape index (κ3) is 4.66. The van der Waals surface area contributed by atoms with Crippen LogP contribution in [0, 0.1) is 5.82 Å². The average Bonchev–Trinajstić information content (AvgIpc) is 2.52. The van der Waals surface area contributed by atoms with Gasteiger partial charge in [-0.2, -0.15) is 0 Å². The number of rotatable bonds is 5. The normalized spacial score (nSPS) is 10.1. The van der Waals surface area contributed by atoms with E-state index in [1.165, 1.54) is 6.07 Å². The number of esters is 1. The molecule has 0 unspecified atom stereocenters. The van der Waals surface area contributed by atoms with E-state index in [2.05, 4.69) is 21.2 Å². The predicted octanol–water partition coefficient (Wildman–Crippen LogP) is 3.06. The molecule has 0 aliphatic rings. The van der Waals surface area contributed by atoms with E-state index in [1.807, 2.05) is 0 Å². The molecule has 1 amide bonds. The second-order valence-corrected chi connectivity index (χ2v) is 5.37. The molecule has 0 spiro atoms. The zero-order valence-electron chi connectivity index (χ0n) is 11.5. The highest BCUT2D eigenvalue weighted by Crippen LogP contribution is 2.12. The summed E-state index contributed by atoms with van der Waals surface area (Å²) in [5, 5.41) is 2.49. The first-order valence-electron chi connectivity index (χ1n) is 6.49. The van der Waals surface area contributed by atoms with Gasteiger partial charge in [0.2, 0.25) is 0 Å². The number of ether oxygens (including phenoxy) is 1. The van der Waals surface area contributed by atoms with Crippen LogP contribution in [0.3, 0.4) is 0 Å². The van der Waals surface area contributed by atoms with Crippen molar-refractivity contribution in [3.63, 3.8) is 0 Å². The summed E-state index contributed by atoms with van der Waals surface area (Å²) in [4.78, 5) is 23.4. The fraction of sp³-hybridized carbons (Fsp3) is 0.125. The van der Waals surface area contributed by atoms with E-state index in [4.69, 9.17) is 4.74 Å². The van der Waals surface area contributed by atoms with Crippen molar-refractivity contribution in [2.24, 2.45) is 0 Å². The first kappa shape index (κ1) is 16.2. The van der Waals surface area contributed by atoms with Crippen LogP contribution in [0.5, 0.6) is 0 Å². The summed E-state index contributed by atoms with van der Waals surface area (Å²) < 4.78 is 19.0. The Morgan fingerprint density at radius 2 is 1.91 bits per heavy atom. The van der Waals surface area contributed by atoms with Crippen LogP contribution in [0.1, 0.15) is 15.9 Å². The Hall–Kier alpha value is -2.21. The van der Waals surface area contributed by atoms with Gasteiger partial charge in [0.05, 0.1) is 5.56 Å². The summed E-state index contributed by atoms with van der Waals surface area (Å²) in [5.74, 6) is -1.48. The number of amides is 1. The Bertz CT molecular complexity index is 691. The smallest absolute Gasteiger partial charge is 0.338 e. The van der Waals surface area contributed by atoms with Gasteiger partial charge in [-0.25, -0.2) is 9.18 Å². The van der Waals surface area contributed by atoms with Crippen LogP contribution in [0.25, 0.3) is 0 Å². The first-order valence-corrected chi connectivity index (χ1v) is 7.28. The highest BCUT2D eigenvalue weighted by Gasteiger charge is 2.10. The lowest BCUT2D eigenvalue weighted by Crippen LogP contribution is -2.28. The molecule has 4 nitrogen and oxygen atoms in total. The molecule has 0 saturated heterocycles. The van der Waals surface area contributed by atoms with Gasteiger partial charge in [0.25, 0.3) is 5.91 Å². The van der Waals surface area contributed by atoms with Crippen LogP contribution < -0.4 is 5.32 Å². The van der Waals surface area contributed by atoms with Crippen LogP contribution in [0.15, 0.2) is 53.0 Å². The van der Waals surface area contributed by atoms with Crippen molar-refractivity contribution < 1.29 is 18.7 Å². The number of carbonyl (C=O) groups is 2. The molecule has 0 radical (unpaired) electrons. The molecular formula is C16H13BrFNO3. The quantitative estimate of drug-likeness (QED) is 0.828. The summed E-state index contributed by atoms with van der Waals surface area (Å²) in [6.45, 7) is -0.375. The lowest BCUT2D eigenvalue weighted by Gasteiger charge is -2.07. The maximum Gasteiger partial charge on any atom is 0.338 e. The number of hydrogen-bond donors (Lipinski definition) is 1. The van der Waals surface area contributed by atoms with Crippen LogP contribution >= 0.6 is 15.9 Å². The summed E-state index contributed by atoms with van der Waals surface area (Å²) in [7, 11) is 0. The molecule has 0 aromatic heterocycles. The second-order valence-electron chi connectivity index (χ2n) is 4.45. The van der Waals surface area contributed by atoms with Gasteiger partial charge in [-0.05, 0) is 24.3 Å². The molecular weight excluding hydrogens is 353 g/mol. The molecule has 2 rings (SSSR count). The van der Waals surface area contributed by atoms with Gasteiger partial charge < -0.3 is 10.1 Å². The monoisotopic (exact) mass is 365 g/mol. The lowest BCUT2D eigenvalue weighted by molar-refractivity contribution is -0.124. The number of benzene rings is 2. The molecule has 0 bridgehead atoms. The van der Waals surface area contributed by atoms with Crippen molar-refractivity contribution >= 4 is 27.8 Å². The molecule has 2 aromatic carbocycles. The Labute approximate surface area is 135 Å². The van der Waals surface area contributed by atoms with Crippen molar-refractivity contribution in [2.45, 2.75) is 6.54 Å². The molecule has 0 saturated carbocycles. The van der Waals surface area contributed by atoms with Gasteiger partial charge in [-0.1, -0.05) is 40.2 Å². The van der Waals surface area contributed by atoms with Gasteiger partial charge in [0.1, 0.15) is 5.82 Å². The molecule has 6 heteroatoms. The Kier molecular flexibility index (Phi) is 5.66. The van der Waals surface area contributed by atoms with Crippen LogP contribution in [0.4, 0.5) is 4.39 Å². The van der Waals surface area contributed by atoms with E-state index in [-0.39, 0.29) is 6.54 Å². The molecule has 0 fully saturated rings. The van der Waals surface area contributed by atoms with E-state index in [1.54, 1.807) is 42.5 Å². The lowest BCUT2D eigenvalue weighted by atomic mass is 10.2. The second kappa shape index (κ2) is 7.70. The van der Waals surface area contributed by atoms with Crippen LogP contribution in [-0.4, -0.2) is 18.5 Å². The average molecular weight is 366 g/mol. The van der Waals surface area contributed by atoms with Gasteiger partial charge in [0, 0.05) is 16.6 Å². The summed E-state index contributed by atoms with van der Waals surface area (Å²) in [6.07, 6.45) is 0. The minimum Gasteiger partial charge on any atom is -0.452 e. The van der Waals surface area contributed by atoms with Gasteiger partial charge in [0.15, 0.2) is 6.61 Å². The van der Waals surface area contributed by atoms with Crippen molar-refractivity contribution in [1.82, 2.24) is 5.32 Å². The van der Waals surface area contributed by atoms with Crippen LogP contribution in [-0.2, 0) is 16.1 Å². The zero-order chi connectivity index (χ0) is 15.9. The fourth-order valence-corrected chi connectivity index (χ4v) is 2.12. The third-order valence-electron chi connectivity index (χ3n) is 2.83. The zero-order valence-corrected chi connectivity index (χ0v) is 13.1. The first-order chi connectivity index (χ1) is 10.6. The van der Waals surface area contributed by atoms with Gasteiger partial charge in [-0.3, -0.25) is 4.79 Å². The van der Waals surface area contributed by atoms with Crippen LogP contribution in [0.2, 0.25) is 0 Å². The Morgan fingerprint density at radius 3 is 2.64 bits per heavy atom. The number of halogens is 2. The SMILES string of the molecule is O=C(COC(=O)c1cccc(Br)c1)NCc1ccccc1F. The topological polar surface area (TPSA) is 55.4 Å². The number of nitrogens with one attached hydrogen (secondary N) is 1. The van der Waals surface area contributed by atoms with E-state index in [9.17, 15) is 14.0 Å². The highest BCUT2D eigenvalue weighted by molar-refractivity contribution is 9.10. The van der Waals surface area contributed by atoms with E-state index in [0.717, 1.165) is 4.47 Å². The van der Waals surface area contributed by atoms with E-state index < -0.39 is 24.3 Å². The molecule has 22 heavy (non-hydrogen) atoms. The maximum absolute atomic E-state index is 13.4. The molecule has 2 aromatic rings. The molecule has 0 aliphatic carbocycles. The Morgan fingerprint density at radius 1 is 1.14 bits per heavy atom. The largest absolute Gasteiger partial charge is 0.452 e. The molecule has 0 atom stereocenters. The van der Waals surface area contributed by atoms with E-state index >= 15 is 0 Å². The molecule has 1 N–H and O–H groups in total. The maximum atomic E-state index is 13.4. The van der Waals surface area contributed by atoms with E-state index in [0.29, 0.717) is 11.1 Å². The molecule has 114 valence electrons. The van der Waals surface area contributed by atoms with Crippen molar-refractivity contribution in [2.75, 3.05) is 6.61 Å². The highest BCUT2D eigenvalue weighted by atomic mass is 79.9. The fourth-order valence-electron chi connectivity index (χ4n) is 1.72. The van der Waals surface area contributed by atoms with Gasteiger partial charge in [-0.15, -0.1) is 0 Å². The van der Waals surface area contributed by atoms with Crippen molar-refractivity contribution in [3.8, 4) is 0 Å². The summed E-state index contributed by atoms with van der Waals surface area (Å²) >= 11 is 3.25. The number of carbonyl (C=O) groups excluding carboxylic acids is 2.